The number of aliphatic hydroxyl groups is 1. The average Bonchev–Trinajstić information content (AvgIpc) is 2.27. The van der Waals surface area contributed by atoms with Crippen molar-refractivity contribution in [2.24, 2.45) is 0 Å². The van der Waals surface area contributed by atoms with Crippen molar-refractivity contribution < 1.29 is 19.0 Å². The number of nitrogens with one attached hydrogen (secondary N) is 1. The van der Waals surface area contributed by atoms with Crippen molar-refractivity contribution in [3.05, 3.63) is 29.1 Å². The minimum absolute atomic E-state index is 0. The molecule has 0 saturated heterocycles. The number of aliphatic hydroxyl groups excluding tert-OH is 1. The normalized spacial score (nSPS) is 11.4. The van der Waals surface area contributed by atoms with Crippen molar-refractivity contribution in [1.29, 1.82) is 5.41 Å². The maximum absolute atomic E-state index is 13.6. The summed E-state index contributed by atoms with van der Waals surface area (Å²) in [5, 5.41) is 17.4. The average molecular weight is 278 g/mol. The first-order chi connectivity index (χ1) is 8.01. The molecular formula is C12H17ClFNO3. The molecule has 1 atom stereocenters. The van der Waals surface area contributed by atoms with Crippen LogP contribution >= 0.6 is 12.4 Å². The van der Waals surface area contributed by atoms with Crippen molar-refractivity contribution in [3.8, 4) is 5.75 Å². The van der Waals surface area contributed by atoms with Gasteiger partial charge >= 0.3 is 0 Å². The van der Waals surface area contributed by atoms with Crippen LogP contribution in [-0.4, -0.2) is 24.7 Å². The zero-order chi connectivity index (χ0) is 13.0. The summed E-state index contributed by atoms with van der Waals surface area (Å²) in [6.45, 7) is 3.67. The Morgan fingerprint density at radius 2 is 2.11 bits per heavy atom. The van der Waals surface area contributed by atoms with E-state index in [0.717, 1.165) is 0 Å². The first-order valence-corrected chi connectivity index (χ1v) is 5.24. The summed E-state index contributed by atoms with van der Waals surface area (Å²) in [6, 6.07) is 2.87. The smallest absolute Gasteiger partial charge is 0.215 e. The first-order valence-electron chi connectivity index (χ1n) is 5.24. The molecule has 1 unspecified atom stereocenters. The zero-order valence-electron chi connectivity index (χ0n) is 10.5. The molecule has 18 heavy (non-hydrogen) atoms. The minimum Gasteiger partial charge on any atom is -0.493 e. The molecule has 0 aromatic heterocycles. The largest absolute Gasteiger partial charge is 0.493 e. The van der Waals surface area contributed by atoms with Crippen LogP contribution in [0.25, 0.3) is 0 Å². The molecule has 0 spiro atoms. The molecule has 1 aromatic rings. The van der Waals surface area contributed by atoms with Crippen LogP contribution in [0, 0.1) is 18.2 Å². The van der Waals surface area contributed by atoms with Gasteiger partial charge in [0.15, 0.2) is 17.7 Å². The van der Waals surface area contributed by atoms with Crippen LogP contribution in [0.2, 0.25) is 0 Å². The number of ether oxygens (including phenoxy) is 2. The summed E-state index contributed by atoms with van der Waals surface area (Å²) in [4.78, 5) is 0. The van der Waals surface area contributed by atoms with Gasteiger partial charge in [0, 0.05) is 5.56 Å². The molecule has 0 radical (unpaired) electrons. The van der Waals surface area contributed by atoms with Crippen LogP contribution in [0.4, 0.5) is 4.39 Å². The molecule has 0 fully saturated rings. The third-order valence-corrected chi connectivity index (χ3v) is 2.26. The molecule has 4 nitrogen and oxygen atoms in total. The topological polar surface area (TPSA) is 62.5 Å². The van der Waals surface area contributed by atoms with Crippen LogP contribution in [0.5, 0.6) is 5.75 Å². The van der Waals surface area contributed by atoms with Crippen LogP contribution in [0.15, 0.2) is 12.1 Å². The Hall–Kier alpha value is -1.33. The van der Waals surface area contributed by atoms with Gasteiger partial charge in [0.25, 0.3) is 0 Å². The molecule has 2 N–H and O–H groups in total. The summed E-state index contributed by atoms with van der Waals surface area (Å²) < 4.78 is 23.4. The van der Waals surface area contributed by atoms with Gasteiger partial charge in [-0.05, 0) is 31.5 Å². The van der Waals surface area contributed by atoms with Gasteiger partial charge in [-0.3, -0.25) is 5.41 Å². The highest BCUT2D eigenvalue weighted by Gasteiger charge is 2.22. The highest BCUT2D eigenvalue weighted by molar-refractivity contribution is 5.85. The van der Waals surface area contributed by atoms with Gasteiger partial charge in [0.1, 0.15) is 0 Å². The summed E-state index contributed by atoms with van der Waals surface area (Å²) in [5.74, 6) is -0.950. The van der Waals surface area contributed by atoms with E-state index in [4.69, 9.17) is 14.9 Å². The van der Waals surface area contributed by atoms with Crippen LogP contribution in [-0.2, 0) is 4.74 Å². The van der Waals surface area contributed by atoms with Gasteiger partial charge in [-0.15, -0.1) is 12.4 Å². The Bertz CT molecular complexity index is 426. The fourth-order valence-electron chi connectivity index (χ4n) is 1.55. The second-order valence-corrected chi connectivity index (χ2v) is 3.57. The SMILES string of the molecule is CCOC(=N)C(O)c1cc(C)cc(F)c1OC.Cl. The molecule has 0 heterocycles. The van der Waals surface area contributed by atoms with Gasteiger partial charge in [-0.1, -0.05) is 0 Å². The molecular weight excluding hydrogens is 261 g/mol. The Labute approximate surface area is 112 Å². The quantitative estimate of drug-likeness (QED) is 0.657. The van der Waals surface area contributed by atoms with E-state index in [2.05, 4.69) is 0 Å². The Balaban J connectivity index is 0.00000289. The maximum Gasteiger partial charge on any atom is 0.215 e. The maximum atomic E-state index is 13.6. The molecule has 1 aromatic carbocycles. The first kappa shape index (κ1) is 16.7. The summed E-state index contributed by atoms with van der Waals surface area (Å²) in [5.41, 5.74) is 0.838. The van der Waals surface area contributed by atoms with Crippen LogP contribution in [0.1, 0.15) is 24.2 Å². The molecule has 0 bridgehead atoms. The predicted octanol–water partition coefficient (Wildman–Crippen LogP) is 2.61. The van der Waals surface area contributed by atoms with E-state index < -0.39 is 11.9 Å². The van der Waals surface area contributed by atoms with Crippen LogP contribution in [0.3, 0.4) is 0 Å². The second kappa shape index (κ2) is 7.18. The van der Waals surface area contributed by atoms with Gasteiger partial charge < -0.3 is 14.6 Å². The van der Waals surface area contributed by atoms with E-state index >= 15 is 0 Å². The number of methoxy groups -OCH3 is 1. The lowest BCUT2D eigenvalue weighted by atomic mass is 10.0. The van der Waals surface area contributed by atoms with E-state index in [1.165, 1.54) is 13.2 Å². The lowest BCUT2D eigenvalue weighted by molar-refractivity contribution is 0.186. The monoisotopic (exact) mass is 277 g/mol. The molecule has 0 aliphatic carbocycles. The molecule has 102 valence electrons. The minimum atomic E-state index is -1.32. The van der Waals surface area contributed by atoms with Crippen molar-refractivity contribution in [2.45, 2.75) is 20.0 Å². The molecule has 0 aliphatic heterocycles. The van der Waals surface area contributed by atoms with Crippen molar-refractivity contribution in [3.63, 3.8) is 0 Å². The number of aryl methyl sites for hydroxylation is 1. The summed E-state index contributed by atoms with van der Waals surface area (Å²) >= 11 is 0. The number of benzene rings is 1. The summed E-state index contributed by atoms with van der Waals surface area (Å²) in [7, 11) is 1.31. The lowest BCUT2D eigenvalue weighted by Crippen LogP contribution is -2.16. The second-order valence-electron chi connectivity index (χ2n) is 3.57. The van der Waals surface area contributed by atoms with Gasteiger partial charge in [-0.25, -0.2) is 4.39 Å². The fourth-order valence-corrected chi connectivity index (χ4v) is 1.55. The number of halogens is 2. The number of rotatable bonds is 4. The molecule has 0 saturated carbocycles. The van der Waals surface area contributed by atoms with Crippen LogP contribution < -0.4 is 4.74 Å². The highest BCUT2D eigenvalue weighted by Crippen LogP contribution is 2.30. The summed E-state index contributed by atoms with van der Waals surface area (Å²) in [6.07, 6.45) is -1.32. The zero-order valence-corrected chi connectivity index (χ0v) is 11.3. The molecule has 1 rings (SSSR count). The highest BCUT2D eigenvalue weighted by atomic mass is 35.5. The Morgan fingerprint density at radius 1 is 1.50 bits per heavy atom. The molecule has 0 amide bonds. The molecule has 0 aliphatic rings. The van der Waals surface area contributed by atoms with E-state index in [1.54, 1.807) is 19.9 Å². The Kier molecular flexibility index (Phi) is 6.65. The van der Waals surface area contributed by atoms with E-state index in [-0.39, 0.29) is 36.2 Å². The predicted molar refractivity (Wildman–Crippen MR) is 69.2 cm³/mol. The van der Waals surface area contributed by atoms with Crippen molar-refractivity contribution in [2.75, 3.05) is 13.7 Å². The van der Waals surface area contributed by atoms with E-state index in [9.17, 15) is 9.50 Å². The lowest BCUT2D eigenvalue weighted by Gasteiger charge is -2.16. The van der Waals surface area contributed by atoms with Gasteiger partial charge in [-0.2, -0.15) is 0 Å². The number of hydrogen-bond donors (Lipinski definition) is 2. The van der Waals surface area contributed by atoms with Crippen molar-refractivity contribution in [1.82, 2.24) is 0 Å². The Morgan fingerprint density at radius 3 is 2.61 bits per heavy atom. The van der Waals surface area contributed by atoms with E-state index in [0.29, 0.717) is 5.56 Å². The van der Waals surface area contributed by atoms with Gasteiger partial charge in [0.05, 0.1) is 13.7 Å². The van der Waals surface area contributed by atoms with Crippen molar-refractivity contribution >= 4 is 18.3 Å². The van der Waals surface area contributed by atoms with E-state index in [1.807, 2.05) is 0 Å². The number of hydrogen-bond acceptors (Lipinski definition) is 4. The standard InChI is InChI=1S/C12H16FNO3.ClH/c1-4-17-12(14)10(15)8-5-7(2)6-9(13)11(8)16-3;/h5-6,10,14-15H,4H2,1-3H3;1H. The molecule has 6 heteroatoms. The van der Waals surface area contributed by atoms with Gasteiger partial charge in [0.2, 0.25) is 5.90 Å². The fraction of sp³-hybridized carbons (Fsp3) is 0.417. The third kappa shape index (κ3) is 3.58. The third-order valence-electron chi connectivity index (χ3n) is 2.26.